The molecule has 43 heavy (non-hydrogen) atoms. The van der Waals surface area contributed by atoms with Crippen LogP contribution in [-0.2, 0) is 40.4 Å². The average molecular weight is 650 g/mol. The minimum absolute atomic E-state index is 0.0122. The summed E-state index contributed by atoms with van der Waals surface area (Å²) < 4.78 is 22.1. The second-order valence-electron chi connectivity index (χ2n) is 10.7. The van der Waals surface area contributed by atoms with E-state index in [-0.39, 0.29) is 25.4 Å². The second kappa shape index (κ2) is 14.0. The molecule has 3 unspecified atom stereocenters. The molecule has 0 spiro atoms. The van der Waals surface area contributed by atoms with Crippen LogP contribution in [0.2, 0.25) is 0 Å². The highest BCUT2D eigenvalue weighted by molar-refractivity contribution is 6.76. The van der Waals surface area contributed by atoms with Crippen molar-refractivity contribution in [2.45, 2.75) is 54.8 Å². The summed E-state index contributed by atoms with van der Waals surface area (Å²) in [4.78, 5) is 14.3. The number of hydrogen-bond acceptors (Lipinski definition) is 7. The number of nitrogens with zero attached hydrogens (tertiary/aromatic N) is 1. The van der Waals surface area contributed by atoms with E-state index in [1.165, 1.54) is 11.1 Å². The second-order valence-corrected chi connectivity index (χ2v) is 13.0. The number of rotatable bonds is 9. The summed E-state index contributed by atoms with van der Waals surface area (Å²) in [6.45, 7) is 2.63. The Labute approximate surface area is 266 Å². The Balaban J connectivity index is 1.31. The summed E-state index contributed by atoms with van der Waals surface area (Å²) in [6, 6.07) is 19.6. The van der Waals surface area contributed by atoms with E-state index in [2.05, 4.69) is 22.3 Å². The van der Waals surface area contributed by atoms with Crippen molar-refractivity contribution in [3.8, 4) is 11.5 Å². The number of aliphatic hydroxyl groups excluding tert-OH is 1. The average Bonchev–Trinajstić information content (AvgIpc) is 3.02. The monoisotopic (exact) mass is 648 g/mol. The van der Waals surface area contributed by atoms with Crippen LogP contribution in [0.3, 0.4) is 0 Å². The van der Waals surface area contributed by atoms with Crippen LogP contribution >= 0.6 is 34.8 Å². The van der Waals surface area contributed by atoms with Gasteiger partial charge in [-0.05, 0) is 46.4 Å². The maximum absolute atomic E-state index is 11.9. The fourth-order valence-electron chi connectivity index (χ4n) is 5.49. The number of halogens is 3. The Bertz CT molecular complexity index is 1400. The first-order valence-corrected chi connectivity index (χ1v) is 15.2. The van der Waals surface area contributed by atoms with Crippen molar-refractivity contribution in [2.24, 2.45) is 0 Å². The molecule has 3 aromatic carbocycles. The third-order valence-electron chi connectivity index (χ3n) is 7.84. The minimum atomic E-state index is -2.02. The third-order valence-corrected chi connectivity index (χ3v) is 8.35. The molecular formula is C32H35Cl3N2O6. The highest BCUT2D eigenvalue weighted by atomic mass is 35.6. The van der Waals surface area contributed by atoms with Gasteiger partial charge in [-0.3, -0.25) is 9.69 Å². The number of methoxy groups -OCH3 is 2. The van der Waals surface area contributed by atoms with E-state index in [0.29, 0.717) is 6.42 Å². The van der Waals surface area contributed by atoms with Crippen molar-refractivity contribution < 1.29 is 28.8 Å². The van der Waals surface area contributed by atoms with Gasteiger partial charge in [-0.15, -0.1) is 0 Å². The van der Waals surface area contributed by atoms with Gasteiger partial charge in [0, 0.05) is 38.2 Å². The van der Waals surface area contributed by atoms with Crippen molar-refractivity contribution in [2.75, 3.05) is 27.3 Å². The Morgan fingerprint density at radius 2 is 1.58 bits per heavy atom. The van der Waals surface area contributed by atoms with Gasteiger partial charge in [-0.25, -0.2) is 0 Å². The summed E-state index contributed by atoms with van der Waals surface area (Å²) in [5.41, 5.74) is 6.07. The number of nitrogens with one attached hydrogen (secondary N) is 1. The molecule has 2 N–H and O–H groups in total. The largest absolute Gasteiger partial charge is 0.493 e. The SMILES string of the molecule is COc1cc2c(cc1OC)CN(CC1CC(c3ccc(CO)cc3)OC(c3ccc(CNC(=O)C(Cl)(Cl)Cl)cc3)O1)CC2. The van der Waals surface area contributed by atoms with Gasteiger partial charge in [0.25, 0.3) is 9.70 Å². The third kappa shape index (κ3) is 7.94. The Hall–Kier alpha value is -2.56. The Kier molecular flexibility index (Phi) is 10.4. The molecule has 1 saturated heterocycles. The van der Waals surface area contributed by atoms with Gasteiger partial charge in [0.05, 0.1) is 33.0 Å². The highest BCUT2D eigenvalue weighted by Gasteiger charge is 2.34. The van der Waals surface area contributed by atoms with Gasteiger partial charge < -0.3 is 29.4 Å². The van der Waals surface area contributed by atoms with Gasteiger partial charge >= 0.3 is 0 Å². The molecule has 3 aromatic rings. The van der Waals surface area contributed by atoms with Crippen molar-refractivity contribution in [1.29, 1.82) is 0 Å². The fraction of sp³-hybridized carbons (Fsp3) is 0.406. The van der Waals surface area contributed by atoms with Gasteiger partial charge in [0.15, 0.2) is 17.8 Å². The van der Waals surface area contributed by atoms with Gasteiger partial charge in [-0.2, -0.15) is 0 Å². The van der Waals surface area contributed by atoms with E-state index in [0.717, 1.165) is 59.8 Å². The lowest BCUT2D eigenvalue weighted by Crippen LogP contribution is -2.41. The van der Waals surface area contributed by atoms with Crippen LogP contribution in [0.1, 0.15) is 52.2 Å². The molecule has 2 aliphatic heterocycles. The Morgan fingerprint density at radius 3 is 2.21 bits per heavy atom. The number of amides is 1. The van der Waals surface area contributed by atoms with Crippen LogP contribution in [0.5, 0.6) is 11.5 Å². The number of alkyl halides is 3. The molecule has 0 aromatic heterocycles. The van der Waals surface area contributed by atoms with Crippen molar-refractivity contribution in [3.63, 3.8) is 0 Å². The molecule has 2 aliphatic rings. The number of benzene rings is 3. The van der Waals surface area contributed by atoms with Gasteiger partial charge in [-0.1, -0.05) is 83.3 Å². The Morgan fingerprint density at radius 1 is 0.953 bits per heavy atom. The highest BCUT2D eigenvalue weighted by Crippen LogP contribution is 2.39. The molecule has 3 atom stereocenters. The zero-order valence-electron chi connectivity index (χ0n) is 24.0. The lowest BCUT2D eigenvalue weighted by molar-refractivity contribution is -0.253. The number of carbonyl (C=O) groups is 1. The summed E-state index contributed by atoms with van der Waals surface area (Å²) in [7, 11) is 3.31. The minimum Gasteiger partial charge on any atom is -0.493 e. The molecule has 0 bridgehead atoms. The van der Waals surface area contributed by atoms with Crippen LogP contribution in [0.4, 0.5) is 0 Å². The van der Waals surface area contributed by atoms with E-state index in [1.807, 2.05) is 48.5 Å². The van der Waals surface area contributed by atoms with Crippen LogP contribution < -0.4 is 14.8 Å². The van der Waals surface area contributed by atoms with E-state index in [9.17, 15) is 9.90 Å². The molecule has 0 aliphatic carbocycles. The van der Waals surface area contributed by atoms with E-state index in [1.54, 1.807) is 14.2 Å². The van der Waals surface area contributed by atoms with Crippen molar-refractivity contribution in [1.82, 2.24) is 10.2 Å². The van der Waals surface area contributed by atoms with Crippen molar-refractivity contribution in [3.05, 3.63) is 94.0 Å². The number of aliphatic hydroxyl groups is 1. The lowest BCUT2D eigenvalue weighted by Gasteiger charge is -2.39. The molecule has 0 saturated carbocycles. The maximum Gasteiger partial charge on any atom is 0.272 e. The first-order chi connectivity index (χ1) is 20.7. The number of hydrogen-bond donors (Lipinski definition) is 2. The van der Waals surface area contributed by atoms with Gasteiger partial charge in [0.2, 0.25) is 0 Å². The first kappa shape index (κ1) is 31.9. The first-order valence-electron chi connectivity index (χ1n) is 14.1. The van der Waals surface area contributed by atoms with Gasteiger partial charge in [0.1, 0.15) is 0 Å². The fourth-order valence-corrected chi connectivity index (χ4v) is 5.69. The summed E-state index contributed by atoms with van der Waals surface area (Å²) in [5, 5.41) is 12.1. The number of fused-ring (bicyclic) bond motifs is 1. The standard InChI is InChI=1S/C32H35Cl3N2O6/c1-40-28-13-24-11-12-37(17-25(24)14-29(28)41-2)18-26-15-27(22-7-5-21(19-38)6-8-22)43-30(42-26)23-9-3-20(4-10-23)16-36-31(39)32(33,34)35/h3-10,13-14,26-27,30,38H,11-12,15-19H2,1-2H3,(H,36,39). The smallest absolute Gasteiger partial charge is 0.272 e. The normalized spacial score (nSPS) is 20.7. The van der Waals surface area contributed by atoms with Crippen molar-refractivity contribution >= 4 is 40.7 Å². The van der Waals surface area contributed by atoms with Crippen LogP contribution in [0.25, 0.3) is 0 Å². The van der Waals surface area contributed by atoms with Crippen LogP contribution in [-0.4, -0.2) is 53.1 Å². The molecule has 5 rings (SSSR count). The molecule has 1 fully saturated rings. The van der Waals surface area contributed by atoms with E-state index >= 15 is 0 Å². The van der Waals surface area contributed by atoms with E-state index < -0.39 is 16.0 Å². The molecule has 1 amide bonds. The molecule has 0 radical (unpaired) electrons. The summed E-state index contributed by atoms with van der Waals surface area (Å²) in [5.74, 6) is 0.794. The molecular weight excluding hydrogens is 615 g/mol. The number of ether oxygens (including phenoxy) is 4. The van der Waals surface area contributed by atoms with Crippen LogP contribution in [0, 0.1) is 0 Å². The van der Waals surface area contributed by atoms with E-state index in [4.69, 9.17) is 53.8 Å². The molecule has 2 heterocycles. The molecule has 230 valence electrons. The number of carbonyl (C=O) groups excluding carboxylic acids is 1. The molecule has 11 heteroatoms. The molecule has 8 nitrogen and oxygen atoms in total. The van der Waals surface area contributed by atoms with Crippen LogP contribution in [0.15, 0.2) is 60.7 Å². The quantitative estimate of drug-likeness (QED) is 0.284. The zero-order chi connectivity index (χ0) is 30.6. The predicted octanol–water partition coefficient (Wildman–Crippen LogP) is 5.79. The topological polar surface area (TPSA) is 89.5 Å². The maximum atomic E-state index is 11.9. The lowest BCUT2D eigenvalue weighted by atomic mass is 9.97. The predicted molar refractivity (Wildman–Crippen MR) is 166 cm³/mol. The summed E-state index contributed by atoms with van der Waals surface area (Å²) in [6.07, 6.45) is 0.718. The zero-order valence-corrected chi connectivity index (χ0v) is 26.3. The summed E-state index contributed by atoms with van der Waals surface area (Å²) >= 11 is 17.0.